The fraction of sp³-hybridized carbons (Fsp3) is 0.300. The lowest BCUT2D eigenvalue weighted by atomic mass is 10.0. The number of hydrogen-bond donors (Lipinski definition) is 1. The van der Waals surface area contributed by atoms with Crippen molar-refractivity contribution in [2.24, 2.45) is 0 Å². The van der Waals surface area contributed by atoms with Gasteiger partial charge in [-0.1, -0.05) is 18.2 Å². The van der Waals surface area contributed by atoms with Crippen molar-refractivity contribution in [2.45, 2.75) is 13.3 Å². The van der Waals surface area contributed by atoms with Crippen molar-refractivity contribution in [2.75, 3.05) is 6.61 Å². The van der Waals surface area contributed by atoms with E-state index in [-0.39, 0.29) is 6.61 Å². The van der Waals surface area contributed by atoms with Gasteiger partial charge in [0.05, 0.1) is 0 Å². The molecule has 0 saturated heterocycles. The molecular weight excluding hydrogens is 152 g/mol. The van der Waals surface area contributed by atoms with Crippen molar-refractivity contribution in [3.63, 3.8) is 0 Å². The molecule has 0 atom stereocenters. The average molecular weight is 164 g/mol. The Hall–Kier alpha value is -1.15. The van der Waals surface area contributed by atoms with E-state index >= 15 is 0 Å². The van der Waals surface area contributed by atoms with E-state index in [1.807, 2.05) is 19.1 Å². The second-order valence-electron chi connectivity index (χ2n) is 2.72. The zero-order valence-electron chi connectivity index (χ0n) is 7.08. The molecule has 0 aliphatic carbocycles. The molecule has 0 fully saturated rings. The van der Waals surface area contributed by atoms with Gasteiger partial charge in [-0.2, -0.15) is 0 Å². The maximum absolute atomic E-state index is 10.5. The lowest BCUT2D eigenvalue weighted by Gasteiger charge is -2.04. The number of aldehydes is 1. The third-order valence-electron chi connectivity index (χ3n) is 2.00. The Bertz CT molecular complexity index is 279. The lowest BCUT2D eigenvalue weighted by molar-refractivity contribution is 0.112. The quantitative estimate of drug-likeness (QED) is 0.684. The van der Waals surface area contributed by atoms with Crippen LogP contribution in [0.3, 0.4) is 0 Å². The summed E-state index contributed by atoms with van der Waals surface area (Å²) < 4.78 is 0. The van der Waals surface area contributed by atoms with Crippen LogP contribution in [0.5, 0.6) is 0 Å². The molecule has 0 bridgehead atoms. The highest BCUT2D eigenvalue weighted by atomic mass is 16.2. The van der Waals surface area contributed by atoms with Crippen molar-refractivity contribution in [3.05, 3.63) is 34.9 Å². The largest absolute Gasteiger partial charge is 0.396 e. The second-order valence-corrected chi connectivity index (χ2v) is 2.72. The van der Waals surface area contributed by atoms with Crippen LogP contribution in [0, 0.1) is 6.92 Å². The van der Waals surface area contributed by atoms with E-state index < -0.39 is 0 Å². The van der Waals surface area contributed by atoms with Crippen LogP contribution < -0.4 is 0 Å². The van der Waals surface area contributed by atoms with E-state index in [0.29, 0.717) is 12.0 Å². The summed E-state index contributed by atoms with van der Waals surface area (Å²) in [6.45, 7) is 2.03. The number of carbonyl (C=O) groups excluding carboxylic acids is 1. The van der Waals surface area contributed by atoms with E-state index in [1.165, 1.54) is 0 Å². The summed E-state index contributed by atoms with van der Waals surface area (Å²) in [5, 5.41) is 8.72. The molecule has 0 aromatic heterocycles. The van der Waals surface area contributed by atoms with Crippen LogP contribution in [0.1, 0.15) is 21.5 Å². The topological polar surface area (TPSA) is 37.3 Å². The van der Waals surface area contributed by atoms with Crippen LogP contribution in [-0.2, 0) is 6.42 Å². The summed E-state index contributed by atoms with van der Waals surface area (Å²) in [5.74, 6) is 0. The lowest BCUT2D eigenvalue weighted by Crippen LogP contribution is -1.97. The van der Waals surface area contributed by atoms with Gasteiger partial charge in [0.15, 0.2) is 0 Å². The zero-order chi connectivity index (χ0) is 8.97. The first-order valence-electron chi connectivity index (χ1n) is 3.94. The minimum atomic E-state index is 0.128. The molecular formula is C10H12O2. The van der Waals surface area contributed by atoms with Gasteiger partial charge in [0.25, 0.3) is 0 Å². The average Bonchev–Trinajstić information content (AvgIpc) is 2.09. The van der Waals surface area contributed by atoms with Crippen molar-refractivity contribution >= 4 is 6.29 Å². The molecule has 1 rings (SSSR count). The van der Waals surface area contributed by atoms with Gasteiger partial charge in [-0.25, -0.2) is 0 Å². The monoisotopic (exact) mass is 164 g/mol. The van der Waals surface area contributed by atoms with E-state index in [1.54, 1.807) is 6.07 Å². The van der Waals surface area contributed by atoms with Crippen LogP contribution in [0.4, 0.5) is 0 Å². The van der Waals surface area contributed by atoms with E-state index in [4.69, 9.17) is 5.11 Å². The molecule has 0 heterocycles. The molecule has 0 unspecified atom stereocenters. The number of rotatable bonds is 3. The summed E-state index contributed by atoms with van der Waals surface area (Å²) in [6, 6.07) is 5.55. The van der Waals surface area contributed by atoms with Crippen molar-refractivity contribution in [3.8, 4) is 0 Å². The Kier molecular flexibility index (Phi) is 3.00. The standard InChI is InChI=1S/C10H12O2/c1-8-9(5-6-11)3-2-4-10(8)7-12/h2-4,7,11H,5-6H2,1H3. The SMILES string of the molecule is Cc1c(C=O)cccc1CCO. The molecule has 1 aromatic rings. The Morgan fingerprint density at radius 1 is 1.50 bits per heavy atom. The molecule has 2 heteroatoms. The first-order valence-corrected chi connectivity index (χ1v) is 3.94. The van der Waals surface area contributed by atoms with Crippen LogP contribution >= 0.6 is 0 Å². The van der Waals surface area contributed by atoms with E-state index in [0.717, 1.165) is 17.4 Å². The smallest absolute Gasteiger partial charge is 0.150 e. The molecule has 12 heavy (non-hydrogen) atoms. The molecule has 64 valence electrons. The number of carbonyl (C=O) groups is 1. The Morgan fingerprint density at radius 2 is 2.25 bits per heavy atom. The Balaban J connectivity index is 3.04. The van der Waals surface area contributed by atoms with Crippen molar-refractivity contribution in [1.82, 2.24) is 0 Å². The van der Waals surface area contributed by atoms with Crippen LogP contribution in [0.2, 0.25) is 0 Å². The second kappa shape index (κ2) is 4.02. The Labute approximate surface area is 71.8 Å². The molecule has 0 spiro atoms. The molecule has 0 saturated carbocycles. The van der Waals surface area contributed by atoms with Gasteiger partial charge in [0.2, 0.25) is 0 Å². The molecule has 0 aliphatic heterocycles. The molecule has 1 aromatic carbocycles. The van der Waals surface area contributed by atoms with E-state index in [9.17, 15) is 4.79 Å². The fourth-order valence-corrected chi connectivity index (χ4v) is 1.22. The van der Waals surface area contributed by atoms with Crippen molar-refractivity contribution < 1.29 is 9.90 Å². The zero-order valence-corrected chi connectivity index (χ0v) is 7.08. The predicted octanol–water partition coefficient (Wildman–Crippen LogP) is 1.34. The van der Waals surface area contributed by atoms with Crippen molar-refractivity contribution in [1.29, 1.82) is 0 Å². The van der Waals surface area contributed by atoms with Gasteiger partial charge in [0.1, 0.15) is 6.29 Å². The van der Waals surface area contributed by atoms with Crippen LogP contribution in [0.25, 0.3) is 0 Å². The van der Waals surface area contributed by atoms with Crippen LogP contribution in [-0.4, -0.2) is 18.0 Å². The first kappa shape index (κ1) is 8.94. The van der Waals surface area contributed by atoms with E-state index in [2.05, 4.69) is 0 Å². The summed E-state index contributed by atoms with van der Waals surface area (Å²) in [4.78, 5) is 10.5. The summed E-state index contributed by atoms with van der Waals surface area (Å²) >= 11 is 0. The molecule has 1 N–H and O–H groups in total. The number of aliphatic hydroxyl groups excluding tert-OH is 1. The summed E-state index contributed by atoms with van der Waals surface area (Å²) in [6.07, 6.45) is 1.46. The van der Waals surface area contributed by atoms with Gasteiger partial charge >= 0.3 is 0 Å². The third kappa shape index (κ3) is 1.71. The Morgan fingerprint density at radius 3 is 2.83 bits per heavy atom. The molecule has 2 nitrogen and oxygen atoms in total. The van der Waals surface area contributed by atoms with Gasteiger partial charge in [0, 0.05) is 12.2 Å². The highest BCUT2D eigenvalue weighted by Gasteiger charge is 2.01. The molecule has 0 aliphatic rings. The fourth-order valence-electron chi connectivity index (χ4n) is 1.22. The van der Waals surface area contributed by atoms with Crippen LogP contribution in [0.15, 0.2) is 18.2 Å². The molecule has 0 radical (unpaired) electrons. The van der Waals surface area contributed by atoms with Gasteiger partial charge in [-0.05, 0) is 24.5 Å². The summed E-state index contributed by atoms with van der Waals surface area (Å²) in [5.41, 5.74) is 2.73. The third-order valence-corrected chi connectivity index (χ3v) is 2.00. The van der Waals surface area contributed by atoms with Gasteiger partial charge in [-0.15, -0.1) is 0 Å². The first-order chi connectivity index (χ1) is 5.79. The number of benzene rings is 1. The highest BCUT2D eigenvalue weighted by Crippen LogP contribution is 2.12. The maximum atomic E-state index is 10.5. The highest BCUT2D eigenvalue weighted by molar-refractivity contribution is 5.77. The summed E-state index contributed by atoms with van der Waals surface area (Å²) in [7, 11) is 0. The number of hydrogen-bond acceptors (Lipinski definition) is 2. The minimum Gasteiger partial charge on any atom is -0.396 e. The molecule has 0 amide bonds. The normalized spacial score (nSPS) is 9.83. The van der Waals surface area contributed by atoms with Gasteiger partial charge < -0.3 is 5.11 Å². The minimum absolute atomic E-state index is 0.128. The maximum Gasteiger partial charge on any atom is 0.150 e. The predicted molar refractivity (Wildman–Crippen MR) is 47.4 cm³/mol. The number of aliphatic hydroxyl groups is 1. The van der Waals surface area contributed by atoms with Gasteiger partial charge in [-0.3, -0.25) is 4.79 Å².